The second-order valence-electron chi connectivity index (χ2n) is 4.51. The Morgan fingerprint density at radius 1 is 1.42 bits per heavy atom. The molecule has 0 saturated carbocycles. The maximum atomic E-state index is 12.6. The molecule has 3 N–H and O–H groups in total. The SMILES string of the molecule is Nc1cc(Br)cc(Br)c1S(=O)(=O)N1CCC(CO)C1. The largest absolute Gasteiger partial charge is 0.398 e. The van der Waals surface area contributed by atoms with Crippen molar-refractivity contribution >= 4 is 47.6 Å². The summed E-state index contributed by atoms with van der Waals surface area (Å²) in [5.74, 6) is 0.00484. The number of benzene rings is 1. The molecular formula is C11H14Br2N2O3S. The monoisotopic (exact) mass is 412 g/mol. The van der Waals surface area contributed by atoms with Crippen molar-refractivity contribution in [3.63, 3.8) is 0 Å². The van der Waals surface area contributed by atoms with Gasteiger partial charge in [-0.1, -0.05) is 15.9 Å². The second kappa shape index (κ2) is 5.69. The fourth-order valence-electron chi connectivity index (χ4n) is 2.15. The highest BCUT2D eigenvalue weighted by atomic mass is 79.9. The summed E-state index contributed by atoms with van der Waals surface area (Å²) in [6.07, 6.45) is 0.670. The molecule has 106 valence electrons. The van der Waals surface area contributed by atoms with E-state index < -0.39 is 10.0 Å². The number of sulfonamides is 1. The molecule has 1 aliphatic heterocycles. The molecule has 0 aliphatic carbocycles. The van der Waals surface area contributed by atoms with Crippen LogP contribution in [0.1, 0.15) is 6.42 Å². The van der Waals surface area contributed by atoms with Gasteiger partial charge < -0.3 is 10.8 Å². The number of hydrogen-bond acceptors (Lipinski definition) is 4. The number of aliphatic hydroxyl groups excluding tert-OH is 1. The third kappa shape index (κ3) is 2.97. The molecule has 8 heteroatoms. The van der Waals surface area contributed by atoms with Gasteiger partial charge in [-0.2, -0.15) is 4.31 Å². The highest BCUT2D eigenvalue weighted by molar-refractivity contribution is 9.11. The van der Waals surface area contributed by atoms with E-state index in [1.54, 1.807) is 12.1 Å². The van der Waals surface area contributed by atoms with Gasteiger partial charge in [0, 0.05) is 28.6 Å². The highest BCUT2D eigenvalue weighted by Gasteiger charge is 2.34. The summed E-state index contributed by atoms with van der Waals surface area (Å²) in [4.78, 5) is 0.0919. The number of nitrogens with zero attached hydrogens (tertiary/aromatic N) is 1. The first kappa shape index (κ1) is 15.2. The molecule has 1 aliphatic rings. The first-order valence-corrected chi connectivity index (χ1v) is 8.74. The molecule has 1 heterocycles. The Morgan fingerprint density at radius 2 is 2.11 bits per heavy atom. The van der Waals surface area contributed by atoms with Gasteiger partial charge in [0.05, 0.1) is 5.69 Å². The van der Waals surface area contributed by atoms with E-state index in [1.807, 2.05) is 0 Å². The van der Waals surface area contributed by atoms with Crippen LogP contribution in [0.4, 0.5) is 5.69 Å². The molecule has 1 atom stereocenters. The zero-order valence-electron chi connectivity index (χ0n) is 10.0. The number of anilines is 1. The molecule has 19 heavy (non-hydrogen) atoms. The third-order valence-corrected chi connectivity index (χ3v) is 6.47. The van der Waals surface area contributed by atoms with Crippen LogP contribution in [0.15, 0.2) is 26.0 Å². The molecule has 1 fully saturated rings. The summed E-state index contributed by atoms with van der Waals surface area (Å²) in [6.45, 7) is 0.749. The summed E-state index contributed by atoms with van der Waals surface area (Å²) in [7, 11) is -3.63. The normalized spacial score (nSPS) is 20.9. The predicted octanol–water partition coefficient (Wildman–Crippen LogP) is 1.80. The average Bonchev–Trinajstić information content (AvgIpc) is 2.75. The van der Waals surface area contributed by atoms with Crippen molar-refractivity contribution in [3.8, 4) is 0 Å². The van der Waals surface area contributed by atoms with Crippen molar-refractivity contribution in [3.05, 3.63) is 21.1 Å². The van der Waals surface area contributed by atoms with Gasteiger partial charge >= 0.3 is 0 Å². The van der Waals surface area contributed by atoms with Gasteiger partial charge in [-0.15, -0.1) is 0 Å². The third-order valence-electron chi connectivity index (χ3n) is 3.14. The van der Waals surface area contributed by atoms with Crippen LogP contribution in [0.5, 0.6) is 0 Å². The fraction of sp³-hybridized carbons (Fsp3) is 0.455. The molecule has 1 aromatic carbocycles. The van der Waals surface area contributed by atoms with E-state index in [-0.39, 0.29) is 23.1 Å². The Morgan fingerprint density at radius 3 is 2.63 bits per heavy atom. The van der Waals surface area contributed by atoms with Crippen molar-refractivity contribution in [1.82, 2.24) is 4.31 Å². The maximum Gasteiger partial charge on any atom is 0.246 e. The Kier molecular flexibility index (Phi) is 4.56. The molecule has 1 saturated heterocycles. The van der Waals surface area contributed by atoms with Gasteiger partial charge in [0.1, 0.15) is 4.90 Å². The maximum absolute atomic E-state index is 12.6. The number of nitrogens with two attached hydrogens (primary N) is 1. The van der Waals surface area contributed by atoms with E-state index in [1.165, 1.54) is 4.31 Å². The quantitative estimate of drug-likeness (QED) is 0.740. The molecule has 1 aromatic rings. The van der Waals surface area contributed by atoms with Gasteiger partial charge in [-0.05, 0) is 40.4 Å². The zero-order chi connectivity index (χ0) is 14.2. The van der Waals surface area contributed by atoms with Crippen molar-refractivity contribution in [2.75, 3.05) is 25.4 Å². The molecule has 0 radical (unpaired) electrons. The van der Waals surface area contributed by atoms with Gasteiger partial charge in [-0.3, -0.25) is 0 Å². The van der Waals surface area contributed by atoms with Crippen LogP contribution < -0.4 is 5.73 Å². The molecule has 0 spiro atoms. The van der Waals surface area contributed by atoms with Crippen molar-refractivity contribution < 1.29 is 13.5 Å². The molecule has 0 amide bonds. The van der Waals surface area contributed by atoms with E-state index in [0.29, 0.717) is 28.5 Å². The summed E-state index contributed by atoms with van der Waals surface area (Å²) >= 11 is 6.51. The predicted molar refractivity (Wildman–Crippen MR) is 80.2 cm³/mol. The number of hydrogen-bond donors (Lipinski definition) is 2. The van der Waals surface area contributed by atoms with E-state index in [0.717, 1.165) is 0 Å². The van der Waals surface area contributed by atoms with E-state index in [2.05, 4.69) is 31.9 Å². The van der Waals surface area contributed by atoms with Crippen LogP contribution >= 0.6 is 31.9 Å². The first-order chi connectivity index (χ1) is 8.86. The Bertz CT molecular complexity index is 569. The minimum Gasteiger partial charge on any atom is -0.398 e. The molecule has 0 aromatic heterocycles. The Hall–Kier alpha value is -0.150. The number of halogens is 2. The summed E-state index contributed by atoms with van der Waals surface area (Å²) in [5.41, 5.74) is 6.03. The van der Waals surface area contributed by atoms with Crippen molar-refractivity contribution in [2.45, 2.75) is 11.3 Å². The molecule has 5 nitrogen and oxygen atoms in total. The second-order valence-corrected chi connectivity index (χ2v) is 8.15. The minimum atomic E-state index is -3.63. The summed E-state index contributed by atoms with van der Waals surface area (Å²) in [5, 5.41) is 9.10. The van der Waals surface area contributed by atoms with Crippen LogP contribution in [0.25, 0.3) is 0 Å². The minimum absolute atomic E-state index is 0.00299. The standard InChI is InChI=1S/C11H14Br2N2O3S/c12-8-3-9(13)11(10(14)4-8)19(17,18)15-2-1-7(5-15)6-16/h3-4,7,16H,1-2,5-6,14H2. The summed E-state index contributed by atoms with van der Waals surface area (Å²) < 4.78 is 27.7. The lowest BCUT2D eigenvalue weighted by molar-refractivity contribution is 0.233. The first-order valence-electron chi connectivity index (χ1n) is 5.71. The van der Waals surface area contributed by atoms with Crippen molar-refractivity contribution in [2.24, 2.45) is 5.92 Å². The lowest BCUT2D eigenvalue weighted by atomic mass is 10.1. The van der Waals surface area contributed by atoms with Crippen LogP contribution in [-0.4, -0.2) is 37.5 Å². The van der Waals surface area contributed by atoms with E-state index in [4.69, 9.17) is 10.8 Å². The zero-order valence-corrected chi connectivity index (χ0v) is 14.0. The Balaban J connectivity index is 2.41. The van der Waals surface area contributed by atoms with Gasteiger partial charge in [0.15, 0.2) is 0 Å². The van der Waals surface area contributed by atoms with Crippen LogP contribution in [-0.2, 0) is 10.0 Å². The van der Waals surface area contributed by atoms with Gasteiger partial charge in [0.2, 0.25) is 10.0 Å². The fourth-order valence-corrected chi connectivity index (χ4v) is 5.69. The smallest absolute Gasteiger partial charge is 0.246 e. The number of aliphatic hydroxyl groups is 1. The van der Waals surface area contributed by atoms with E-state index in [9.17, 15) is 8.42 Å². The van der Waals surface area contributed by atoms with Crippen LogP contribution in [0, 0.1) is 5.92 Å². The highest BCUT2D eigenvalue weighted by Crippen LogP contribution is 2.35. The number of rotatable bonds is 3. The topological polar surface area (TPSA) is 83.6 Å². The van der Waals surface area contributed by atoms with Crippen LogP contribution in [0.2, 0.25) is 0 Å². The summed E-state index contributed by atoms with van der Waals surface area (Å²) in [6, 6.07) is 3.22. The lowest BCUT2D eigenvalue weighted by Crippen LogP contribution is -2.30. The lowest BCUT2D eigenvalue weighted by Gasteiger charge is -2.19. The molecule has 2 rings (SSSR count). The molecular weight excluding hydrogens is 400 g/mol. The average molecular weight is 414 g/mol. The Labute approximate surface area is 129 Å². The van der Waals surface area contributed by atoms with Gasteiger partial charge in [0.25, 0.3) is 0 Å². The molecule has 0 bridgehead atoms. The van der Waals surface area contributed by atoms with Crippen LogP contribution in [0.3, 0.4) is 0 Å². The number of nitrogen functional groups attached to an aromatic ring is 1. The van der Waals surface area contributed by atoms with E-state index >= 15 is 0 Å². The molecule has 1 unspecified atom stereocenters. The van der Waals surface area contributed by atoms with Crippen molar-refractivity contribution in [1.29, 1.82) is 0 Å². The van der Waals surface area contributed by atoms with Gasteiger partial charge in [-0.25, -0.2) is 8.42 Å².